The fourth-order valence-electron chi connectivity index (χ4n) is 3.03. The zero-order chi connectivity index (χ0) is 21.4. The summed E-state index contributed by atoms with van der Waals surface area (Å²) in [6.45, 7) is 6.83. The lowest BCUT2D eigenvalue weighted by molar-refractivity contribution is -0.119. The Morgan fingerprint density at radius 3 is 2.07 bits per heavy atom. The zero-order valence-electron chi connectivity index (χ0n) is 17.5. The molecule has 0 unspecified atom stereocenters. The fourth-order valence-corrected chi connectivity index (χ4v) is 3.03. The number of nitrogens with zero attached hydrogens (tertiary/aromatic N) is 1. The van der Waals surface area contributed by atoms with Gasteiger partial charge < -0.3 is 24.4 Å². The molecule has 7 nitrogen and oxygen atoms in total. The van der Waals surface area contributed by atoms with Gasteiger partial charge in [0.25, 0.3) is 5.91 Å². The number of anilines is 2. The highest BCUT2D eigenvalue weighted by Gasteiger charge is 2.20. The SMILES string of the molecule is CCN(c1ccc(NC(=O)COC(=O)c2c(OC)cccc2OC)cc1)C(C)C. The summed E-state index contributed by atoms with van der Waals surface area (Å²) >= 11 is 0. The van der Waals surface area contributed by atoms with E-state index in [2.05, 4.69) is 31.0 Å². The van der Waals surface area contributed by atoms with Crippen LogP contribution >= 0.6 is 0 Å². The number of esters is 1. The summed E-state index contributed by atoms with van der Waals surface area (Å²) < 4.78 is 15.5. The molecule has 156 valence electrons. The molecule has 0 aromatic heterocycles. The van der Waals surface area contributed by atoms with E-state index in [1.165, 1.54) is 14.2 Å². The molecule has 1 amide bonds. The Hall–Kier alpha value is -3.22. The van der Waals surface area contributed by atoms with Crippen LogP contribution in [0.15, 0.2) is 42.5 Å². The number of hydrogen-bond donors (Lipinski definition) is 1. The number of rotatable bonds is 9. The first kappa shape index (κ1) is 22.1. The van der Waals surface area contributed by atoms with Gasteiger partial charge >= 0.3 is 5.97 Å². The highest BCUT2D eigenvalue weighted by molar-refractivity contribution is 5.98. The molecule has 0 aliphatic carbocycles. The molecule has 2 rings (SSSR count). The summed E-state index contributed by atoms with van der Waals surface area (Å²) in [6, 6.07) is 12.9. The van der Waals surface area contributed by atoms with Crippen molar-refractivity contribution in [2.45, 2.75) is 26.8 Å². The third kappa shape index (κ3) is 5.63. The van der Waals surface area contributed by atoms with Crippen LogP contribution in [0, 0.1) is 0 Å². The Morgan fingerprint density at radius 1 is 1.00 bits per heavy atom. The van der Waals surface area contributed by atoms with Crippen molar-refractivity contribution in [1.82, 2.24) is 0 Å². The number of methoxy groups -OCH3 is 2. The number of amides is 1. The van der Waals surface area contributed by atoms with E-state index in [9.17, 15) is 9.59 Å². The number of carbonyl (C=O) groups is 2. The van der Waals surface area contributed by atoms with Crippen molar-refractivity contribution >= 4 is 23.3 Å². The average Bonchev–Trinajstić information content (AvgIpc) is 2.72. The van der Waals surface area contributed by atoms with E-state index in [4.69, 9.17) is 14.2 Å². The molecule has 29 heavy (non-hydrogen) atoms. The number of nitrogens with one attached hydrogen (secondary N) is 1. The number of ether oxygens (including phenoxy) is 3. The van der Waals surface area contributed by atoms with Gasteiger partial charge in [0.05, 0.1) is 14.2 Å². The summed E-state index contributed by atoms with van der Waals surface area (Å²) in [5.74, 6) is -0.497. The smallest absolute Gasteiger partial charge is 0.346 e. The molecular formula is C22H28N2O5. The van der Waals surface area contributed by atoms with Gasteiger partial charge in [0.1, 0.15) is 17.1 Å². The summed E-state index contributed by atoms with van der Waals surface area (Å²) in [7, 11) is 2.89. The van der Waals surface area contributed by atoms with Crippen LogP contribution in [0.5, 0.6) is 11.5 Å². The van der Waals surface area contributed by atoms with E-state index in [1.807, 2.05) is 24.3 Å². The fraction of sp³-hybridized carbons (Fsp3) is 0.364. The van der Waals surface area contributed by atoms with Gasteiger partial charge in [-0.1, -0.05) is 6.07 Å². The van der Waals surface area contributed by atoms with Crippen molar-refractivity contribution in [3.05, 3.63) is 48.0 Å². The van der Waals surface area contributed by atoms with Crippen LogP contribution in [0.2, 0.25) is 0 Å². The van der Waals surface area contributed by atoms with Crippen molar-refractivity contribution < 1.29 is 23.8 Å². The van der Waals surface area contributed by atoms with Crippen LogP contribution in [0.3, 0.4) is 0 Å². The second kappa shape index (κ2) is 10.4. The van der Waals surface area contributed by atoms with Crippen LogP contribution in [-0.2, 0) is 9.53 Å². The Bertz CT molecular complexity index is 811. The summed E-state index contributed by atoms with van der Waals surface area (Å²) in [6.07, 6.45) is 0. The monoisotopic (exact) mass is 400 g/mol. The second-order valence-corrected chi connectivity index (χ2v) is 6.59. The van der Waals surface area contributed by atoms with Gasteiger partial charge in [-0.15, -0.1) is 0 Å². The van der Waals surface area contributed by atoms with Crippen molar-refractivity contribution in [2.24, 2.45) is 0 Å². The maximum atomic E-state index is 12.4. The third-order valence-corrected chi connectivity index (χ3v) is 4.41. The van der Waals surface area contributed by atoms with Gasteiger partial charge in [0, 0.05) is 24.0 Å². The Kier molecular flexibility index (Phi) is 7.88. The summed E-state index contributed by atoms with van der Waals surface area (Å²) in [4.78, 5) is 26.8. The molecule has 0 atom stereocenters. The van der Waals surface area contributed by atoms with Crippen LogP contribution in [0.4, 0.5) is 11.4 Å². The highest BCUT2D eigenvalue weighted by atomic mass is 16.5. The molecule has 2 aromatic rings. The van der Waals surface area contributed by atoms with Crippen molar-refractivity contribution in [3.8, 4) is 11.5 Å². The maximum absolute atomic E-state index is 12.4. The van der Waals surface area contributed by atoms with Crippen molar-refractivity contribution in [1.29, 1.82) is 0 Å². The number of carbonyl (C=O) groups excluding carboxylic acids is 2. The topological polar surface area (TPSA) is 77.1 Å². The van der Waals surface area contributed by atoms with E-state index in [-0.39, 0.29) is 5.56 Å². The third-order valence-electron chi connectivity index (χ3n) is 4.41. The number of hydrogen-bond acceptors (Lipinski definition) is 6. The molecule has 0 radical (unpaired) electrons. The first-order chi connectivity index (χ1) is 13.9. The molecule has 2 aromatic carbocycles. The van der Waals surface area contributed by atoms with Crippen LogP contribution in [0.25, 0.3) is 0 Å². The quantitative estimate of drug-likeness (QED) is 0.646. The van der Waals surface area contributed by atoms with Crippen molar-refractivity contribution in [2.75, 3.05) is 37.6 Å². The molecule has 7 heteroatoms. The van der Waals surface area contributed by atoms with E-state index in [1.54, 1.807) is 18.2 Å². The Labute approximate surface area is 171 Å². The maximum Gasteiger partial charge on any atom is 0.346 e. The molecule has 0 aliphatic rings. The lowest BCUT2D eigenvalue weighted by Gasteiger charge is -2.27. The first-order valence-corrected chi connectivity index (χ1v) is 9.45. The van der Waals surface area contributed by atoms with Gasteiger partial charge in [0.2, 0.25) is 0 Å². The zero-order valence-corrected chi connectivity index (χ0v) is 17.5. The molecule has 0 fully saturated rings. The van der Waals surface area contributed by atoms with E-state index < -0.39 is 18.5 Å². The van der Waals surface area contributed by atoms with Crippen LogP contribution in [0.1, 0.15) is 31.1 Å². The summed E-state index contributed by atoms with van der Waals surface area (Å²) in [5, 5.41) is 2.72. The number of benzene rings is 2. The minimum atomic E-state index is -0.694. The average molecular weight is 400 g/mol. The second-order valence-electron chi connectivity index (χ2n) is 6.59. The Balaban J connectivity index is 1.98. The van der Waals surface area contributed by atoms with Gasteiger partial charge in [-0.25, -0.2) is 4.79 Å². The summed E-state index contributed by atoms with van der Waals surface area (Å²) in [5.41, 5.74) is 1.85. The lowest BCUT2D eigenvalue weighted by atomic mass is 10.2. The highest BCUT2D eigenvalue weighted by Crippen LogP contribution is 2.28. The van der Waals surface area contributed by atoms with E-state index in [0.717, 1.165) is 12.2 Å². The molecular weight excluding hydrogens is 372 g/mol. The van der Waals surface area contributed by atoms with E-state index >= 15 is 0 Å². The van der Waals surface area contributed by atoms with Crippen LogP contribution in [-0.4, -0.2) is 45.3 Å². The largest absolute Gasteiger partial charge is 0.496 e. The molecule has 0 heterocycles. The molecule has 1 N–H and O–H groups in total. The Morgan fingerprint density at radius 2 is 1.59 bits per heavy atom. The first-order valence-electron chi connectivity index (χ1n) is 9.45. The normalized spacial score (nSPS) is 10.4. The van der Waals surface area contributed by atoms with Gasteiger partial charge in [-0.2, -0.15) is 0 Å². The van der Waals surface area contributed by atoms with Gasteiger partial charge in [0.15, 0.2) is 6.61 Å². The molecule has 0 saturated carbocycles. The molecule has 0 bridgehead atoms. The minimum absolute atomic E-state index is 0.142. The predicted octanol–water partition coefficient (Wildman–Crippen LogP) is 3.73. The molecule has 0 saturated heterocycles. The molecule has 0 aliphatic heterocycles. The van der Waals surface area contributed by atoms with Gasteiger partial charge in [-0.3, -0.25) is 4.79 Å². The predicted molar refractivity (Wildman–Crippen MR) is 113 cm³/mol. The van der Waals surface area contributed by atoms with Crippen molar-refractivity contribution in [3.63, 3.8) is 0 Å². The standard InChI is InChI=1S/C22H28N2O5/c1-6-24(15(2)3)17-12-10-16(11-13-17)23-20(25)14-29-22(26)21-18(27-4)8-7-9-19(21)28-5/h7-13,15H,6,14H2,1-5H3,(H,23,25). The van der Waals surface area contributed by atoms with Crippen LogP contribution < -0.4 is 19.7 Å². The molecule has 0 spiro atoms. The minimum Gasteiger partial charge on any atom is -0.496 e. The van der Waals surface area contributed by atoms with Gasteiger partial charge in [-0.05, 0) is 57.2 Å². The lowest BCUT2D eigenvalue weighted by Crippen LogP contribution is -2.30. The van der Waals surface area contributed by atoms with E-state index in [0.29, 0.717) is 23.2 Å².